The molecule has 4 aliphatic rings. The third-order valence-corrected chi connectivity index (χ3v) is 10.7. The lowest BCUT2D eigenvalue weighted by molar-refractivity contribution is -0.165. The molecule has 0 amide bonds. The molecule has 0 bridgehead atoms. The van der Waals surface area contributed by atoms with E-state index < -0.39 is 5.97 Å². The molecular formula is C27H45NO4. The number of carboxylic acid groups (broad SMARTS) is 1. The molecule has 5 nitrogen and oxygen atoms in total. The fourth-order valence-corrected chi connectivity index (χ4v) is 9.08. The van der Waals surface area contributed by atoms with E-state index in [9.17, 15) is 19.8 Å². The Morgan fingerprint density at radius 2 is 1.84 bits per heavy atom. The third kappa shape index (κ3) is 3.85. The molecule has 0 aromatic rings. The smallest absolute Gasteiger partial charge is 0.303 e. The standard InChI is InChI=1S/C27H45NO4/c1-15(2)28-23-14-21-25(22(30)13-17-12-18(29)10-11-26(17,21)4)20-8-7-19(27(20,23)5)16(3)6-9-24(31)32/h15-21,23,25,28-29H,6-14H2,1-5H3,(H,31,32)/t16-,17+,18-,19-,20+,21+,23?,25+,26+,27-/m1/s1. The predicted molar refractivity (Wildman–Crippen MR) is 125 cm³/mol. The number of carboxylic acids is 1. The molecule has 0 heterocycles. The summed E-state index contributed by atoms with van der Waals surface area (Å²) in [6.07, 6.45) is 7.25. The van der Waals surface area contributed by atoms with Crippen LogP contribution in [-0.4, -0.2) is 40.2 Å². The molecule has 3 N–H and O–H groups in total. The lowest BCUT2D eigenvalue weighted by Gasteiger charge is -2.63. The van der Waals surface area contributed by atoms with Crippen molar-refractivity contribution >= 4 is 11.8 Å². The Labute approximate surface area is 194 Å². The quantitative estimate of drug-likeness (QED) is 0.551. The van der Waals surface area contributed by atoms with Crippen molar-refractivity contribution in [2.24, 2.45) is 46.3 Å². The fraction of sp³-hybridized carbons (Fsp3) is 0.926. The Bertz CT molecular complexity index is 737. The monoisotopic (exact) mass is 447 g/mol. The van der Waals surface area contributed by atoms with E-state index in [1.54, 1.807) is 0 Å². The third-order valence-electron chi connectivity index (χ3n) is 10.7. The number of aliphatic hydroxyl groups excluding tert-OH is 1. The molecule has 0 aromatic heterocycles. The normalized spacial score (nSPS) is 47.0. The molecule has 4 aliphatic carbocycles. The van der Waals surface area contributed by atoms with Gasteiger partial charge in [0.2, 0.25) is 0 Å². The van der Waals surface area contributed by atoms with E-state index in [2.05, 4.69) is 39.9 Å². The molecule has 5 heteroatoms. The van der Waals surface area contributed by atoms with Crippen LogP contribution in [0.4, 0.5) is 0 Å². The Balaban J connectivity index is 1.68. The van der Waals surface area contributed by atoms with Gasteiger partial charge in [-0.05, 0) is 85.4 Å². The van der Waals surface area contributed by atoms with E-state index in [0.29, 0.717) is 53.9 Å². The fourth-order valence-electron chi connectivity index (χ4n) is 9.08. The first-order valence-electron chi connectivity index (χ1n) is 13.2. The number of hydrogen-bond donors (Lipinski definition) is 3. The lowest BCUT2D eigenvalue weighted by Crippen LogP contribution is -2.64. The summed E-state index contributed by atoms with van der Waals surface area (Å²) in [7, 11) is 0. The summed E-state index contributed by atoms with van der Waals surface area (Å²) in [5.74, 6) is 1.77. The van der Waals surface area contributed by atoms with Gasteiger partial charge in [-0.25, -0.2) is 0 Å². The average Bonchev–Trinajstić information content (AvgIpc) is 3.06. The van der Waals surface area contributed by atoms with Crippen molar-refractivity contribution in [3.05, 3.63) is 0 Å². The zero-order chi connectivity index (χ0) is 23.4. The number of rotatable bonds is 6. The minimum Gasteiger partial charge on any atom is -0.481 e. The first-order chi connectivity index (χ1) is 15.0. The van der Waals surface area contributed by atoms with Crippen LogP contribution in [0.25, 0.3) is 0 Å². The highest BCUT2D eigenvalue weighted by Gasteiger charge is 2.65. The zero-order valence-electron chi connectivity index (χ0n) is 20.8. The highest BCUT2D eigenvalue weighted by atomic mass is 16.4. The zero-order valence-corrected chi connectivity index (χ0v) is 20.8. The van der Waals surface area contributed by atoms with Crippen LogP contribution in [0.2, 0.25) is 0 Å². The van der Waals surface area contributed by atoms with Crippen LogP contribution >= 0.6 is 0 Å². The van der Waals surface area contributed by atoms with Gasteiger partial charge in [0, 0.05) is 30.8 Å². The van der Waals surface area contributed by atoms with Gasteiger partial charge in [-0.15, -0.1) is 0 Å². The molecule has 0 radical (unpaired) electrons. The van der Waals surface area contributed by atoms with Gasteiger partial charge in [0.25, 0.3) is 0 Å². The molecule has 0 spiro atoms. The van der Waals surface area contributed by atoms with Gasteiger partial charge in [0.1, 0.15) is 5.78 Å². The first-order valence-corrected chi connectivity index (χ1v) is 13.2. The van der Waals surface area contributed by atoms with Gasteiger partial charge < -0.3 is 15.5 Å². The van der Waals surface area contributed by atoms with Crippen molar-refractivity contribution in [2.45, 2.75) is 111 Å². The minimum atomic E-state index is -0.710. The summed E-state index contributed by atoms with van der Waals surface area (Å²) >= 11 is 0. The van der Waals surface area contributed by atoms with Crippen LogP contribution in [0.3, 0.4) is 0 Å². The summed E-state index contributed by atoms with van der Waals surface area (Å²) < 4.78 is 0. The van der Waals surface area contributed by atoms with E-state index in [1.807, 2.05) is 0 Å². The first kappa shape index (κ1) is 24.2. The Hall–Kier alpha value is -0.940. The van der Waals surface area contributed by atoms with Gasteiger partial charge in [-0.1, -0.05) is 34.6 Å². The van der Waals surface area contributed by atoms with E-state index in [0.717, 1.165) is 44.9 Å². The number of hydrogen-bond acceptors (Lipinski definition) is 4. The van der Waals surface area contributed by atoms with E-state index in [4.69, 9.17) is 0 Å². The maximum Gasteiger partial charge on any atom is 0.303 e. The lowest BCUT2D eigenvalue weighted by atomic mass is 9.43. The Kier molecular flexibility index (Phi) is 6.57. The maximum absolute atomic E-state index is 13.7. The van der Waals surface area contributed by atoms with Gasteiger partial charge in [-0.3, -0.25) is 9.59 Å². The second-order valence-electron chi connectivity index (χ2n) is 12.6. The van der Waals surface area contributed by atoms with Crippen LogP contribution in [0, 0.1) is 46.3 Å². The number of aliphatic hydroxyl groups is 1. The molecule has 0 aromatic carbocycles. The molecule has 0 saturated heterocycles. The summed E-state index contributed by atoms with van der Waals surface area (Å²) in [6.45, 7) is 11.5. The highest BCUT2D eigenvalue weighted by Crippen LogP contribution is 2.67. The maximum atomic E-state index is 13.7. The second-order valence-corrected chi connectivity index (χ2v) is 12.6. The summed E-state index contributed by atoms with van der Waals surface area (Å²) in [5, 5.41) is 23.5. The largest absolute Gasteiger partial charge is 0.481 e. The van der Waals surface area contributed by atoms with Crippen molar-refractivity contribution in [2.75, 3.05) is 0 Å². The molecule has 1 unspecified atom stereocenters. The molecule has 4 fully saturated rings. The van der Waals surface area contributed by atoms with Gasteiger partial charge in [0.15, 0.2) is 0 Å². The molecule has 4 rings (SSSR count). The summed E-state index contributed by atoms with van der Waals surface area (Å²) in [5.41, 5.74) is 0.166. The predicted octanol–water partition coefficient (Wildman–Crippen LogP) is 4.66. The van der Waals surface area contributed by atoms with Crippen LogP contribution < -0.4 is 5.32 Å². The summed E-state index contributed by atoms with van der Waals surface area (Å²) in [6, 6.07) is 0.726. The Morgan fingerprint density at radius 1 is 1.12 bits per heavy atom. The number of carbonyl (C=O) groups is 2. The average molecular weight is 448 g/mol. The van der Waals surface area contributed by atoms with E-state index in [-0.39, 0.29) is 29.3 Å². The van der Waals surface area contributed by atoms with Crippen molar-refractivity contribution in [3.63, 3.8) is 0 Å². The SMILES string of the molecule is CC(C)NC1C[C@H]2[C@@H](C(=O)C[C@@H]3C[C@H](O)CC[C@@]32C)[C@@H]2CC[C@H]([C@H](C)CCC(=O)O)[C@@]12C. The van der Waals surface area contributed by atoms with Crippen molar-refractivity contribution in [1.82, 2.24) is 5.32 Å². The minimum absolute atomic E-state index is 0.0242. The molecule has 182 valence electrons. The topological polar surface area (TPSA) is 86.6 Å². The summed E-state index contributed by atoms with van der Waals surface area (Å²) in [4.78, 5) is 24.9. The van der Waals surface area contributed by atoms with Crippen LogP contribution in [-0.2, 0) is 9.59 Å². The Morgan fingerprint density at radius 3 is 2.50 bits per heavy atom. The molecule has 4 saturated carbocycles. The van der Waals surface area contributed by atoms with Crippen LogP contribution in [0.15, 0.2) is 0 Å². The second kappa shape index (κ2) is 8.69. The molecule has 32 heavy (non-hydrogen) atoms. The van der Waals surface area contributed by atoms with Crippen LogP contribution in [0.5, 0.6) is 0 Å². The molecule has 10 atom stereocenters. The number of Topliss-reactive ketones (excluding diaryl/α,β-unsaturated/α-hetero) is 1. The highest BCUT2D eigenvalue weighted by molar-refractivity contribution is 5.83. The van der Waals surface area contributed by atoms with Gasteiger partial charge >= 0.3 is 5.97 Å². The van der Waals surface area contributed by atoms with Gasteiger partial charge in [0.05, 0.1) is 6.10 Å². The number of fused-ring (bicyclic) bond motifs is 5. The number of carbonyl (C=O) groups excluding carboxylic acids is 1. The van der Waals surface area contributed by atoms with Gasteiger partial charge in [-0.2, -0.15) is 0 Å². The van der Waals surface area contributed by atoms with Crippen molar-refractivity contribution in [3.8, 4) is 0 Å². The molecular weight excluding hydrogens is 402 g/mol. The number of aliphatic carboxylic acids is 1. The van der Waals surface area contributed by atoms with Crippen molar-refractivity contribution < 1.29 is 19.8 Å². The number of nitrogens with one attached hydrogen (secondary N) is 1. The molecule has 0 aliphatic heterocycles. The van der Waals surface area contributed by atoms with E-state index in [1.165, 1.54) is 0 Å². The number of ketones is 1. The van der Waals surface area contributed by atoms with Crippen molar-refractivity contribution in [1.29, 1.82) is 0 Å². The van der Waals surface area contributed by atoms with E-state index >= 15 is 0 Å². The van der Waals surface area contributed by atoms with Crippen LogP contribution in [0.1, 0.15) is 92.4 Å².